The fourth-order valence-electron chi connectivity index (χ4n) is 2.67. The van der Waals surface area contributed by atoms with E-state index in [0.29, 0.717) is 24.1 Å². The van der Waals surface area contributed by atoms with Crippen LogP contribution in [0.3, 0.4) is 0 Å². The highest BCUT2D eigenvalue weighted by Crippen LogP contribution is 2.22. The maximum Gasteiger partial charge on any atom is 0.254 e. The van der Waals surface area contributed by atoms with Crippen LogP contribution in [0.5, 0.6) is 0 Å². The largest absolute Gasteiger partial charge is 0.335 e. The summed E-state index contributed by atoms with van der Waals surface area (Å²) in [7, 11) is 0. The number of carbonyl (C=O) groups is 2. The van der Waals surface area contributed by atoms with E-state index in [2.05, 4.69) is 0 Å². The maximum atomic E-state index is 12.5. The molecule has 0 N–H and O–H groups in total. The normalized spacial score (nSPS) is 18.4. The van der Waals surface area contributed by atoms with Gasteiger partial charge in [0.05, 0.1) is 11.6 Å². The Labute approximate surface area is 119 Å². The minimum Gasteiger partial charge on any atom is -0.335 e. The van der Waals surface area contributed by atoms with Gasteiger partial charge in [-0.25, -0.2) is 0 Å². The SMILES string of the molecule is CC(=O)CC1CCCCN1C(=O)c1ccc(C#N)cc1. The van der Waals surface area contributed by atoms with Gasteiger partial charge in [-0.15, -0.1) is 0 Å². The molecule has 0 aromatic heterocycles. The smallest absolute Gasteiger partial charge is 0.254 e. The Hall–Kier alpha value is -2.15. The summed E-state index contributed by atoms with van der Waals surface area (Å²) in [6, 6.07) is 8.72. The Kier molecular flexibility index (Phi) is 4.52. The summed E-state index contributed by atoms with van der Waals surface area (Å²) in [5, 5.41) is 8.77. The molecule has 1 fully saturated rings. The van der Waals surface area contributed by atoms with Crippen molar-refractivity contribution in [3.05, 3.63) is 35.4 Å². The van der Waals surface area contributed by atoms with Crippen LogP contribution in [0.2, 0.25) is 0 Å². The summed E-state index contributed by atoms with van der Waals surface area (Å²) in [5.41, 5.74) is 1.12. The molecule has 4 heteroatoms. The summed E-state index contributed by atoms with van der Waals surface area (Å²) < 4.78 is 0. The highest BCUT2D eigenvalue weighted by molar-refractivity contribution is 5.95. The number of carbonyl (C=O) groups excluding carboxylic acids is 2. The number of nitrogens with zero attached hydrogens (tertiary/aromatic N) is 2. The molecule has 0 saturated carbocycles. The molecule has 1 saturated heterocycles. The van der Waals surface area contributed by atoms with Crippen LogP contribution in [0, 0.1) is 11.3 Å². The van der Waals surface area contributed by atoms with E-state index in [1.807, 2.05) is 11.0 Å². The Balaban J connectivity index is 2.16. The van der Waals surface area contributed by atoms with Gasteiger partial charge in [0, 0.05) is 24.6 Å². The zero-order chi connectivity index (χ0) is 14.5. The number of ketones is 1. The van der Waals surface area contributed by atoms with Crippen molar-refractivity contribution in [3.8, 4) is 6.07 Å². The molecule has 1 heterocycles. The molecule has 1 aliphatic heterocycles. The first-order valence-corrected chi connectivity index (χ1v) is 6.92. The van der Waals surface area contributed by atoms with Gasteiger partial charge in [0.25, 0.3) is 5.91 Å². The van der Waals surface area contributed by atoms with Crippen LogP contribution in [0.15, 0.2) is 24.3 Å². The van der Waals surface area contributed by atoms with E-state index in [4.69, 9.17) is 5.26 Å². The predicted octanol–water partition coefficient (Wildman–Crippen LogP) is 2.53. The van der Waals surface area contributed by atoms with E-state index in [1.165, 1.54) is 0 Å². The summed E-state index contributed by atoms with van der Waals surface area (Å²) in [5.74, 6) is 0.0787. The van der Waals surface area contributed by atoms with Crippen molar-refractivity contribution in [3.63, 3.8) is 0 Å². The molecular formula is C16H18N2O2. The molecule has 0 spiro atoms. The molecule has 20 heavy (non-hydrogen) atoms. The van der Waals surface area contributed by atoms with E-state index < -0.39 is 0 Å². The molecule has 2 rings (SSSR count). The lowest BCUT2D eigenvalue weighted by atomic mass is 9.96. The third kappa shape index (κ3) is 3.24. The molecule has 0 bridgehead atoms. The molecule has 4 nitrogen and oxygen atoms in total. The Morgan fingerprint density at radius 1 is 1.30 bits per heavy atom. The van der Waals surface area contributed by atoms with Gasteiger partial charge in [-0.2, -0.15) is 5.26 Å². The van der Waals surface area contributed by atoms with E-state index in [1.54, 1.807) is 31.2 Å². The van der Waals surface area contributed by atoms with Crippen LogP contribution in [-0.4, -0.2) is 29.2 Å². The van der Waals surface area contributed by atoms with Crippen LogP contribution in [-0.2, 0) is 4.79 Å². The first kappa shape index (κ1) is 14.3. The number of hydrogen-bond acceptors (Lipinski definition) is 3. The van der Waals surface area contributed by atoms with Crippen molar-refractivity contribution in [1.29, 1.82) is 5.26 Å². The fraction of sp³-hybridized carbons (Fsp3) is 0.438. The number of amides is 1. The predicted molar refractivity (Wildman–Crippen MR) is 75.1 cm³/mol. The Bertz CT molecular complexity index is 543. The van der Waals surface area contributed by atoms with E-state index in [-0.39, 0.29) is 17.7 Å². The van der Waals surface area contributed by atoms with Gasteiger partial charge in [-0.05, 0) is 50.5 Å². The Morgan fingerprint density at radius 3 is 2.60 bits per heavy atom. The van der Waals surface area contributed by atoms with Gasteiger partial charge in [0.15, 0.2) is 0 Å². The molecule has 1 amide bonds. The second kappa shape index (κ2) is 6.33. The van der Waals surface area contributed by atoms with Gasteiger partial charge >= 0.3 is 0 Å². The van der Waals surface area contributed by atoms with Crippen molar-refractivity contribution < 1.29 is 9.59 Å². The summed E-state index contributed by atoms with van der Waals surface area (Å²) in [6.45, 7) is 2.27. The van der Waals surface area contributed by atoms with E-state index in [9.17, 15) is 9.59 Å². The topological polar surface area (TPSA) is 61.2 Å². The maximum absolute atomic E-state index is 12.5. The third-order valence-corrected chi connectivity index (χ3v) is 3.67. The number of piperidine rings is 1. The minimum absolute atomic E-state index is 0.0180. The molecular weight excluding hydrogens is 252 g/mol. The number of Topliss-reactive ketones (excluding diaryl/α,β-unsaturated/α-hetero) is 1. The minimum atomic E-state index is -0.0413. The highest BCUT2D eigenvalue weighted by Gasteiger charge is 2.28. The monoisotopic (exact) mass is 270 g/mol. The average Bonchev–Trinajstić information content (AvgIpc) is 2.46. The van der Waals surface area contributed by atoms with Crippen LogP contribution >= 0.6 is 0 Å². The van der Waals surface area contributed by atoms with Crippen LogP contribution in [0.1, 0.15) is 48.5 Å². The third-order valence-electron chi connectivity index (χ3n) is 3.67. The Morgan fingerprint density at radius 2 is 2.00 bits per heavy atom. The quantitative estimate of drug-likeness (QED) is 0.848. The molecule has 1 atom stereocenters. The second-order valence-corrected chi connectivity index (χ2v) is 5.24. The fourth-order valence-corrected chi connectivity index (χ4v) is 2.67. The summed E-state index contributed by atoms with van der Waals surface area (Å²) in [6.07, 6.45) is 3.37. The van der Waals surface area contributed by atoms with E-state index in [0.717, 1.165) is 19.3 Å². The molecule has 1 unspecified atom stereocenters. The second-order valence-electron chi connectivity index (χ2n) is 5.24. The average molecular weight is 270 g/mol. The first-order valence-electron chi connectivity index (χ1n) is 6.92. The number of nitriles is 1. The lowest BCUT2D eigenvalue weighted by Gasteiger charge is -2.35. The van der Waals surface area contributed by atoms with Crippen LogP contribution in [0.4, 0.5) is 0 Å². The lowest BCUT2D eigenvalue weighted by Crippen LogP contribution is -2.44. The number of likely N-dealkylation sites (tertiary alicyclic amines) is 1. The number of hydrogen-bond donors (Lipinski definition) is 0. The van der Waals surface area contributed by atoms with Crippen molar-refractivity contribution in [2.75, 3.05) is 6.54 Å². The van der Waals surface area contributed by atoms with Gasteiger partial charge in [-0.1, -0.05) is 0 Å². The van der Waals surface area contributed by atoms with Crippen LogP contribution in [0.25, 0.3) is 0 Å². The van der Waals surface area contributed by atoms with Gasteiger partial charge in [0.1, 0.15) is 5.78 Å². The van der Waals surface area contributed by atoms with Gasteiger partial charge < -0.3 is 4.90 Å². The first-order chi connectivity index (χ1) is 9.61. The number of rotatable bonds is 3. The molecule has 1 aliphatic rings. The standard InChI is InChI=1S/C16H18N2O2/c1-12(19)10-15-4-2-3-9-18(15)16(20)14-7-5-13(11-17)6-8-14/h5-8,15H,2-4,9-10H2,1H3. The van der Waals surface area contributed by atoms with E-state index >= 15 is 0 Å². The molecule has 1 aromatic carbocycles. The summed E-state index contributed by atoms with van der Waals surface area (Å²) in [4.78, 5) is 25.7. The lowest BCUT2D eigenvalue weighted by molar-refractivity contribution is -0.118. The summed E-state index contributed by atoms with van der Waals surface area (Å²) >= 11 is 0. The van der Waals surface area contributed by atoms with Crippen molar-refractivity contribution in [2.24, 2.45) is 0 Å². The van der Waals surface area contributed by atoms with Crippen molar-refractivity contribution >= 4 is 11.7 Å². The van der Waals surface area contributed by atoms with Crippen molar-refractivity contribution in [1.82, 2.24) is 4.90 Å². The number of benzene rings is 1. The molecule has 104 valence electrons. The van der Waals surface area contributed by atoms with Gasteiger partial charge in [-0.3, -0.25) is 9.59 Å². The van der Waals surface area contributed by atoms with Gasteiger partial charge in [0.2, 0.25) is 0 Å². The molecule has 0 radical (unpaired) electrons. The highest BCUT2D eigenvalue weighted by atomic mass is 16.2. The van der Waals surface area contributed by atoms with Crippen molar-refractivity contribution in [2.45, 2.75) is 38.6 Å². The molecule has 1 aromatic rings. The zero-order valence-corrected chi connectivity index (χ0v) is 11.6. The molecule has 0 aliphatic carbocycles. The van der Waals surface area contributed by atoms with Crippen LogP contribution < -0.4 is 0 Å². The zero-order valence-electron chi connectivity index (χ0n) is 11.6.